The lowest BCUT2D eigenvalue weighted by molar-refractivity contribution is -0.120. The first-order valence-electron chi connectivity index (χ1n) is 10.8. The molecule has 0 spiro atoms. The number of carbonyl (C=O) groups excluding carboxylic acids is 2. The van der Waals surface area contributed by atoms with E-state index in [2.05, 4.69) is 5.32 Å². The molecule has 1 aliphatic rings. The minimum Gasteiger partial charge on any atom is -0.496 e. The molecule has 0 atom stereocenters. The molecule has 168 valence electrons. The van der Waals surface area contributed by atoms with E-state index in [4.69, 9.17) is 9.47 Å². The first kappa shape index (κ1) is 22.1. The summed E-state index contributed by atoms with van der Waals surface area (Å²) in [5, 5.41) is 3.19. The Labute approximate surface area is 193 Å². The summed E-state index contributed by atoms with van der Waals surface area (Å²) in [4.78, 5) is 28.7. The smallest absolute Gasteiger partial charge is 0.282 e. The maximum Gasteiger partial charge on any atom is 0.282 e. The zero-order chi connectivity index (χ0) is 23.5. The number of nitrogens with zero attached hydrogens (tertiary/aromatic N) is 1. The van der Waals surface area contributed by atoms with Crippen molar-refractivity contribution in [3.8, 4) is 11.5 Å². The molecule has 33 heavy (non-hydrogen) atoms. The summed E-state index contributed by atoms with van der Waals surface area (Å²) < 4.78 is 11.1. The molecule has 0 aromatic heterocycles. The van der Waals surface area contributed by atoms with Gasteiger partial charge in [-0.2, -0.15) is 0 Å². The van der Waals surface area contributed by atoms with Crippen LogP contribution in [0.5, 0.6) is 11.5 Å². The molecule has 4 rings (SSSR count). The number of anilines is 2. The Bertz CT molecular complexity index is 1260. The number of carbonyl (C=O) groups is 2. The number of ether oxygens (including phenoxy) is 2. The fourth-order valence-electron chi connectivity index (χ4n) is 3.92. The minimum atomic E-state index is -0.420. The van der Waals surface area contributed by atoms with Crippen molar-refractivity contribution < 1.29 is 19.1 Å². The Morgan fingerprint density at radius 3 is 2.42 bits per heavy atom. The van der Waals surface area contributed by atoms with Gasteiger partial charge in [-0.3, -0.25) is 9.59 Å². The van der Waals surface area contributed by atoms with Gasteiger partial charge in [0.1, 0.15) is 17.2 Å². The minimum absolute atomic E-state index is 0.194. The van der Waals surface area contributed by atoms with Gasteiger partial charge >= 0.3 is 0 Å². The van der Waals surface area contributed by atoms with Crippen LogP contribution < -0.4 is 19.7 Å². The highest BCUT2D eigenvalue weighted by Crippen LogP contribution is 2.38. The molecule has 0 bridgehead atoms. The van der Waals surface area contributed by atoms with Crippen LogP contribution >= 0.6 is 0 Å². The predicted octanol–water partition coefficient (Wildman–Crippen LogP) is 5.11. The third-order valence-electron chi connectivity index (χ3n) is 5.69. The second kappa shape index (κ2) is 9.20. The number of methoxy groups -OCH3 is 1. The van der Waals surface area contributed by atoms with E-state index < -0.39 is 11.8 Å². The van der Waals surface area contributed by atoms with E-state index in [1.54, 1.807) is 31.4 Å². The number of hydrogen-bond donors (Lipinski definition) is 1. The number of nitrogens with one attached hydrogen (secondary N) is 1. The van der Waals surface area contributed by atoms with Crippen molar-refractivity contribution in [3.05, 3.63) is 89.1 Å². The zero-order valence-electron chi connectivity index (χ0n) is 19.1. The molecule has 1 heterocycles. The number of para-hydroxylation sites is 1. The molecule has 0 aliphatic carbocycles. The first-order valence-corrected chi connectivity index (χ1v) is 10.8. The largest absolute Gasteiger partial charge is 0.496 e. The molecular weight excluding hydrogens is 416 g/mol. The summed E-state index contributed by atoms with van der Waals surface area (Å²) >= 11 is 0. The average Bonchev–Trinajstić information content (AvgIpc) is 3.05. The highest BCUT2D eigenvalue weighted by atomic mass is 16.5. The Hall–Kier alpha value is -4.06. The van der Waals surface area contributed by atoms with Crippen molar-refractivity contribution in [2.75, 3.05) is 23.9 Å². The molecule has 3 aromatic rings. The lowest BCUT2D eigenvalue weighted by Gasteiger charge is -2.19. The third kappa shape index (κ3) is 4.07. The number of hydrogen-bond acceptors (Lipinski definition) is 5. The molecule has 0 radical (unpaired) electrons. The first-order chi connectivity index (χ1) is 16.0. The van der Waals surface area contributed by atoms with Gasteiger partial charge in [0.2, 0.25) is 0 Å². The quantitative estimate of drug-likeness (QED) is 0.515. The topological polar surface area (TPSA) is 67.9 Å². The van der Waals surface area contributed by atoms with Crippen molar-refractivity contribution in [2.45, 2.75) is 20.8 Å². The third-order valence-corrected chi connectivity index (χ3v) is 5.69. The summed E-state index contributed by atoms with van der Waals surface area (Å²) in [6.07, 6.45) is 0. The Morgan fingerprint density at radius 2 is 1.67 bits per heavy atom. The number of aryl methyl sites for hydroxylation is 1. The Balaban J connectivity index is 1.86. The molecule has 6 heteroatoms. The summed E-state index contributed by atoms with van der Waals surface area (Å²) in [5.74, 6) is 0.363. The van der Waals surface area contributed by atoms with Gasteiger partial charge in [0.05, 0.1) is 25.0 Å². The lowest BCUT2D eigenvalue weighted by atomic mass is 10.0. The summed E-state index contributed by atoms with van der Waals surface area (Å²) in [5.41, 5.74) is 4.09. The molecule has 3 aromatic carbocycles. The van der Waals surface area contributed by atoms with Crippen LogP contribution in [0.1, 0.15) is 23.6 Å². The average molecular weight is 443 g/mol. The van der Waals surface area contributed by atoms with Crippen LogP contribution in [0.4, 0.5) is 11.4 Å². The van der Waals surface area contributed by atoms with E-state index in [0.29, 0.717) is 35.0 Å². The standard InChI is InChI=1S/C27H26N2O4/c1-5-33-20-12-9-11-19(16-20)28-25-24(21-13-6-7-15-23(21)32-4)26(30)29(27(25)31)22-14-8-10-17(2)18(22)3/h6-16,28H,5H2,1-4H3. The maximum atomic E-state index is 13.7. The molecule has 0 saturated carbocycles. The van der Waals surface area contributed by atoms with E-state index in [-0.39, 0.29) is 11.3 Å². The van der Waals surface area contributed by atoms with Gasteiger partial charge in [0.25, 0.3) is 11.8 Å². The van der Waals surface area contributed by atoms with Gasteiger partial charge in [-0.1, -0.05) is 36.4 Å². The van der Waals surface area contributed by atoms with Gasteiger partial charge in [0.15, 0.2) is 0 Å². The van der Waals surface area contributed by atoms with Crippen molar-refractivity contribution in [2.24, 2.45) is 0 Å². The van der Waals surface area contributed by atoms with E-state index in [9.17, 15) is 9.59 Å². The van der Waals surface area contributed by atoms with E-state index in [1.807, 2.05) is 63.2 Å². The van der Waals surface area contributed by atoms with E-state index in [1.165, 1.54) is 4.90 Å². The Kier molecular flexibility index (Phi) is 6.18. The highest BCUT2D eigenvalue weighted by molar-refractivity contribution is 6.46. The van der Waals surface area contributed by atoms with Crippen LogP contribution in [-0.2, 0) is 9.59 Å². The van der Waals surface area contributed by atoms with Crippen LogP contribution in [0.25, 0.3) is 5.57 Å². The van der Waals surface area contributed by atoms with Crippen LogP contribution in [-0.4, -0.2) is 25.5 Å². The molecule has 0 unspecified atom stereocenters. The number of amides is 2. The molecule has 6 nitrogen and oxygen atoms in total. The lowest BCUT2D eigenvalue weighted by Crippen LogP contribution is -2.33. The molecule has 0 saturated heterocycles. The van der Waals surface area contributed by atoms with Crippen molar-refractivity contribution >= 4 is 28.8 Å². The fourth-order valence-corrected chi connectivity index (χ4v) is 3.92. The van der Waals surface area contributed by atoms with Gasteiger partial charge in [0, 0.05) is 17.3 Å². The van der Waals surface area contributed by atoms with E-state index in [0.717, 1.165) is 11.1 Å². The summed E-state index contributed by atoms with van der Waals surface area (Å²) in [7, 11) is 1.54. The van der Waals surface area contributed by atoms with Crippen molar-refractivity contribution in [1.29, 1.82) is 0 Å². The van der Waals surface area contributed by atoms with Crippen LogP contribution in [0, 0.1) is 13.8 Å². The van der Waals surface area contributed by atoms with Crippen molar-refractivity contribution in [1.82, 2.24) is 0 Å². The van der Waals surface area contributed by atoms with Crippen molar-refractivity contribution in [3.63, 3.8) is 0 Å². The van der Waals surface area contributed by atoms with Gasteiger partial charge < -0.3 is 14.8 Å². The molecule has 2 amide bonds. The van der Waals surface area contributed by atoms with Crippen LogP contribution in [0.3, 0.4) is 0 Å². The van der Waals surface area contributed by atoms with Gasteiger partial charge in [-0.25, -0.2) is 4.90 Å². The second-order valence-corrected chi connectivity index (χ2v) is 7.70. The van der Waals surface area contributed by atoms with E-state index >= 15 is 0 Å². The highest BCUT2D eigenvalue weighted by Gasteiger charge is 2.41. The predicted molar refractivity (Wildman–Crippen MR) is 130 cm³/mol. The van der Waals surface area contributed by atoms with Crippen LogP contribution in [0.15, 0.2) is 72.4 Å². The molecular formula is C27H26N2O4. The number of imide groups is 1. The zero-order valence-corrected chi connectivity index (χ0v) is 19.1. The second-order valence-electron chi connectivity index (χ2n) is 7.70. The summed E-state index contributed by atoms with van der Waals surface area (Å²) in [6.45, 7) is 6.29. The number of benzene rings is 3. The SMILES string of the molecule is CCOc1cccc(NC2=C(c3ccccc3OC)C(=O)N(c3cccc(C)c3C)C2=O)c1. The molecule has 0 fully saturated rings. The fraction of sp³-hybridized carbons (Fsp3) is 0.185. The van der Waals surface area contributed by atoms with Gasteiger partial charge in [-0.05, 0) is 56.2 Å². The normalized spacial score (nSPS) is 13.5. The molecule has 1 N–H and O–H groups in total. The van der Waals surface area contributed by atoms with Crippen LogP contribution in [0.2, 0.25) is 0 Å². The number of rotatable bonds is 7. The monoisotopic (exact) mass is 442 g/mol. The Morgan fingerprint density at radius 1 is 0.909 bits per heavy atom. The molecule has 1 aliphatic heterocycles. The maximum absolute atomic E-state index is 13.7. The van der Waals surface area contributed by atoms with Gasteiger partial charge in [-0.15, -0.1) is 0 Å². The summed E-state index contributed by atoms with van der Waals surface area (Å²) in [6, 6.07) is 20.1.